The highest BCUT2D eigenvalue weighted by atomic mass is 16.5. The minimum Gasteiger partial charge on any atom is -0.508 e. The number of phenolic OH excluding ortho intramolecular Hbond substituents is 2. The third-order valence-electron chi connectivity index (χ3n) is 7.94. The number of nitrogens with zero attached hydrogens (tertiary/aromatic N) is 2. The zero-order valence-corrected chi connectivity index (χ0v) is 19.6. The van der Waals surface area contributed by atoms with Crippen LogP contribution < -0.4 is 9.64 Å². The average Bonchev–Trinajstić information content (AvgIpc) is 3.42. The maximum absolute atomic E-state index is 13.9. The lowest BCUT2D eigenvalue weighted by Gasteiger charge is -2.31. The molecule has 2 N–H and O–H groups in total. The Bertz CT molecular complexity index is 1460. The van der Waals surface area contributed by atoms with E-state index >= 15 is 0 Å². The van der Waals surface area contributed by atoms with Crippen molar-refractivity contribution in [3.05, 3.63) is 60.2 Å². The highest BCUT2D eigenvalue weighted by Gasteiger charge is 2.73. The maximum Gasteiger partial charge on any atom is 0.240 e. The van der Waals surface area contributed by atoms with E-state index in [1.165, 1.54) is 23.1 Å². The topological polar surface area (TPSA) is 120 Å². The van der Waals surface area contributed by atoms with Gasteiger partial charge in [-0.3, -0.25) is 9.59 Å². The average molecular weight is 485 g/mol. The van der Waals surface area contributed by atoms with Crippen molar-refractivity contribution in [2.24, 2.45) is 11.8 Å². The Balaban J connectivity index is 1.33. The molecule has 36 heavy (non-hydrogen) atoms. The molecular formula is C28H24N2O6. The van der Waals surface area contributed by atoms with Crippen LogP contribution >= 0.6 is 0 Å². The van der Waals surface area contributed by atoms with Gasteiger partial charge in [-0.1, -0.05) is 24.3 Å². The number of amides is 2. The number of benzene rings is 3. The summed E-state index contributed by atoms with van der Waals surface area (Å²) in [5.74, 6) is -1.73. The zero-order chi connectivity index (χ0) is 25.2. The molecule has 182 valence electrons. The lowest BCUT2D eigenvalue weighted by Crippen LogP contribution is -2.43. The fourth-order valence-corrected chi connectivity index (χ4v) is 6.42. The number of fused-ring (bicyclic) bond motifs is 6. The molecule has 0 aromatic heterocycles. The molecule has 3 aliphatic rings. The van der Waals surface area contributed by atoms with Crippen molar-refractivity contribution in [1.82, 2.24) is 0 Å². The summed E-state index contributed by atoms with van der Waals surface area (Å²) in [6.45, 7) is 2.09. The van der Waals surface area contributed by atoms with Crippen LogP contribution in [0, 0.1) is 23.2 Å². The van der Waals surface area contributed by atoms with Crippen LogP contribution in [0.5, 0.6) is 17.2 Å². The van der Waals surface area contributed by atoms with Gasteiger partial charge in [-0.05, 0) is 31.9 Å². The van der Waals surface area contributed by atoms with Gasteiger partial charge in [-0.25, -0.2) is 4.90 Å². The molecule has 3 heterocycles. The molecule has 8 heteroatoms. The molecule has 3 aromatic carbocycles. The van der Waals surface area contributed by atoms with Crippen LogP contribution in [-0.4, -0.2) is 39.8 Å². The number of hydrogen-bond acceptors (Lipinski definition) is 7. The maximum atomic E-state index is 13.9. The molecule has 3 saturated heterocycles. The normalized spacial score (nSPS) is 28.5. The molecule has 0 saturated carbocycles. The number of imide groups is 1. The van der Waals surface area contributed by atoms with Crippen molar-refractivity contribution >= 4 is 28.3 Å². The third-order valence-corrected chi connectivity index (χ3v) is 7.94. The fraction of sp³-hybridized carbons (Fsp3) is 0.321. The second-order valence-electron chi connectivity index (χ2n) is 10.0. The first-order valence-electron chi connectivity index (χ1n) is 11.9. The third kappa shape index (κ3) is 3.09. The number of ether oxygens (including phenoxy) is 2. The smallest absolute Gasteiger partial charge is 0.240 e. The predicted molar refractivity (Wildman–Crippen MR) is 129 cm³/mol. The van der Waals surface area contributed by atoms with Crippen LogP contribution in [0.15, 0.2) is 54.6 Å². The van der Waals surface area contributed by atoms with E-state index in [1.54, 1.807) is 12.1 Å². The van der Waals surface area contributed by atoms with E-state index in [1.807, 2.05) is 31.2 Å². The summed E-state index contributed by atoms with van der Waals surface area (Å²) in [5.41, 5.74) is -0.630. The van der Waals surface area contributed by atoms with E-state index in [0.29, 0.717) is 47.0 Å². The Morgan fingerprint density at radius 2 is 1.72 bits per heavy atom. The van der Waals surface area contributed by atoms with Crippen molar-refractivity contribution in [3.8, 4) is 23.3 Å². The van der Waals surface area contributed by atoms with E-state index in [0.717, 1.165) is 0 Å². The van der Waals surface area contributed by atoms with Crippen molar-refractivity contribution < 1.29 is 29.3 Å². The molecule has 3 fully saturated rings. The number of carbonyl (C=O) groups excluding carboxylic acids is 2. The molecule has 2 bridgehead atoms. The summed E-state index contributed by atoms with van der Waals surface area (Å²) in [6.07, 6.45) is 1.66. The van der Waals surface area contributed by atoms with Crippen LogP contribution in [0.3, 0.4) is 0 Å². The second-order valence-corrected chi connectivity index (χ2v) is 10.0. The molecule has 3 aromatic rings. The molecule has 0 spiro atoms. The number of aromatic hydroxyl groups is 2. The molecule has 3 aliphatic heterocycles. The van der Waals surface area contributed by atoms with Gasteiger partial charge in [-0.15, -0.1) is 0 Å². The Hall–Kier alpha value is -4.09. The van der Waals surface area contributed by atoms with Gasteiger partial charge in [0.15, 0.2) is 0 Å². The second kappa shape index (κ2) is 7.70. The minimum absolute atomic E-state index is 0.115. The van der Waals surface area contributed by atoms with Crippen molar-refractivity contribution in [2.75, 3.05) is 11.5 Å². The highest BCUT2D eigenvalue weighted by molar-refractivity contribution is 6.26. The summed E-state index contributed by atoms with van der Waals surface area (Å²) in [5, 5.41) is 30.3. The number of nitriles is 1. The zero-order valence-electron chi connectivity index (χ0n) is 19.6. The fourth-order valence-electron chi connectivity index (χ4n) is 6.42. The molecule has 0 unspecified atom stereocenters. The number of phenols is 2. The number of anilines is 1. The molecule has 0 radical (unpaired) electrons. The molecule has 8 nitrogen and oxygen atoms in total. The first kappa shape index (κ1) is 22.4. The van der Waals surface area contributed by atoms with E-state index in [-0.39, 0.29) is 29.9 Å². The van der Waals surface area contributed by atoms with Gasteiger partial charge in [0, 0.05) is 35.4 Å². The van der Waals surface area contributed by atoms with Crippen molar-refractivity contribution in [2.45, 2.75) is 37.4 Å². The van der Waals surface area contributed by atoms with Gasteiger partial charge < -0.3 is 19.7 Å². The van der Waals surface area contributed by atoms with Crippen LogP contribution in [0.2, 0.25) is 0 Å². The van der Waals surface area contributed by atoms with Crippen LogP contribution in [0.25, 0.3) is 10.8 Å². The molecular weight excluding hydrogens is 460 g/mol. The van der Waals surface area contributed by atoms with E-state index in [9.17, 15) is 25.1 Å². The molecule has 2 amide bonds. The number of hydrogen-bond donors (Lipinski definition) is 2. The summed E-state index contributed by atoms with van der Waals surface area (Å²) in [7, 11) is 0. The predicted octanol–water partition coefficient (Wildman–Crippen LogP) is 4.02. The molecule has 0 aliphatic carbocycles. The first-order valence-corrected chi connectivity index (χ1v) is 11.9. The van der Waals surface area contributed by atoms with E-state index in [2.05, 4.69) is 6.07 Å². The van der Waals surface area contributed by atoms with Crippen LogP contribution in [0.4, 0.5) is 5.69 Å². The van der Waals surface area contributed by atoms with Crippen LogP contribution in [-0.2, 0) is 14.3 Å². The largest absolute Gasteiger partial charge is 0.508 e. The quantitative estimate of drug-likeness (QED) is 0.525. The van der Waals surface area contributed by atoms with Gasteiger partial charge in [0.2, 0.25) is 11.8 Å². The SMILES string of the molecule is C[C@]12CC[C@](CCOc3cc(O)cc(O)c3)(O1)[C@@H]1C(=O)N(c3ccc(C#N)c4ccccc34)C(=O)[C@@H]12. The van der Waals surface area contributed by atoms with Gasteiger partial charge in [0.25, 0.3) is 0 Å². The van der Waals surface area contributed by atoms with Gasteiger partial charge >= 0.3 is 0 Å². The van der Waals surface area contributed by atoms with E-state index in [4.69, 9.17) is 9.47 Å². The Morgan fingerprint density at radius 1 is 1.03 bits per heavy atom. The number of carbonyl (C=O) groups is 2. The van der Waals surface area contributed by atoms with Crippen LogP contribution in [0.1, 0.15) is 31.7 Å². The van der Waals surface area contributed by atoms with E-state index < -0.39 is 23.0 Å². The van der Waals surface area contributed by atoms with Crippen molar-refractivity contribution in [3.63, 3.8) is 0 Å². The number of rotatable bonds is 5. The first-order chi connectivity index (χ1) is 17.3. The highest BCUT2D eigenvalue weighted by Crippen LogP contribution is 2.62. The van der Waals surface area contributed by atoms with Crippen molar-refractivity contribution in [1.29, 1.82) is 5.26 Å². The lowest BCUT2D eigenvalue weighted by atomic mass is 9.67. The summed E-state index contributed by atoms with van der Waals surface area (Å²) in [6, 6.07) is 16.8. The molecule has 4 atom stereocenters. The Kier molecular flexibility index (Phi) is 4.79. The van der Waals surface area contributed by atoms with Gasteiger partial charge in [0.05, 0.1) is 47.0 Å². The molecule has 6 rings (SSSR count). The lowest BCUT2D eigenvalue weighted by molar-refractivity contribution is -0.131. The Labute approximate surface area is 207 Å². The minimum atomic E-state index is -0.845. The standard InChI is InChI=1S/C28H24N2O6/c1-27-8-9-28(36-27,10-11-35-19-13-17(31)12-18(32)14-19)24-23(27)25(33)30(26(24)34)22-7-6-16(15-29)20-4-2-3-5-21(20)22/h2-7,12-14,23-24,31-32H,8-11H2,1H3/t23-,24+,27-,28-/m1/s1. The summed E-state index contributed by atoms with van der Waals surface area (Å²) >= 11 is 0. The van der Waals surface area contributed by atoms with Gasteiger partial charge in [-0.2, -0.15) is 5.26 Å². The Morgan fingerprint density at radius 3 is 2.44 bits per heavy atom. The monoisotopic (exact) mass is 484 g/mol. The summed E-state index contributed by atoms with van der Waals surface area (Å²) in [4.78, 5) is 29.0. The summed E-state index contributed by atoms with van der Waals surface area (Å²) < 4.78 is 12.2. The van der Waals surface area contributed by atoms with Gasteiger partial charge in [0.1, 0.15) is 17.2 Å².